The summed E-state index contributed by atoms with van der Waals surface area (Å²) < 4.78 is 39.2. The molecule has 1 fully saturated rings. The van der Waals surface area contributed by atoms with Gasteiger partial charge >= 0.3 is 0 Å². The van der Waals surface area contributed by atoms with Gasteiger partial charge in [-0.05, 0) is 12.8 Å². The molecule has 0 aromatic heterocycles. The first-order valence-electron chi connectivity index (χ1n) is 5.05. The summed E-state index contributed by atoms with van der Waals surface area (Å²) in [5.74, 6) is -4.58. The van der Waals surface area contributed by atoms with Gasteiger partial charge in [0.05, 0.1) is 12.1 Å². The van der Waals surface area contributed by atoms with Gasteiger partial charge in [0.1, 0.15) is 23.0 Å². The van der Waals surface area contributed by atoms with Gasteiger partial charge in [0, 0.05) is 12.1 Å². The van der Waals surface area contributed by atoms with E-state index in [0.717, 1.165) is 0 Å². The number of carbonyl (C=O) groups is 1. The molecule has 2 rings (SSSR count). The van der Waals surface area contributed by atoms with Crippen LogP contribution in [0.3, 0.4) is 0 Å². The van der Waals surface area contributed by atoms with E-state index in [2.05, 4.69) is 5.32 Å². The minimum atomic E-state index is -1.26. The molecular formula is C11H10F3NO2. The highest BCUT2D eigenvalue weighted by Gasteiger charge is 2.44. The van der Waals surface area contributed by atoms with Crippen LogP contribution in [-0.4, -0.2) is 23.2 Å². The third-order valence-corrected chi connectivity index (χ3v) is 2.77. The summed E-state index contributed by atoms with van der Waals surface area (Å²) in [4.78, 5) is 11.6. The van der Waals surface area contributed by atoms with Crippen molar-refractivity contribution >= 4 is 5.91 Å². The standard InChI is InChI=1S/C11H10F3NO2/c12-6-3-7(13)9(8(14)4-6)10(17)15-11(5-16)1-2-11/h3-4,16H,1-2,5H2,(H,15,17). The van der Waals surface area contributed by atoms with Crippen LogP contribution in [0.2, 0.25) is 0 Å². The molecule has 1 amide bonds. The molecule has 0 unspecified atom stereocenters. The van der Waals surface area contributed by atoms with Gasteiger partial charge in [-0.1, -0.05) is 0 Å². The van der Waals surface area contributed by atoms with Crippen LogP contribution >= 0.6 is 0 Å². The van der Waals surface area contributed by atoms with Crippen molar-refractivity contribution in [3.63, 3.8) is 0 Å². The van der Waals surface area contributed by atoms with E-state index in [0.29, 0.717) is 25.0 Å². The molecule has 1 aliphatic carbocycles. The Balaban J connectivity index is 2.25. The molecule has 0 radical (unpaired) electrons. The Hall–Kier alpha value is -1.56. The molecule has 0 bridgehead atoms. The van der Waals surface area contributed by atoms with E-state index in [-0.39, 0.29) is 6.61 Å². The molecule has 2 N–H and O–H groups in total. The Labute approximate surface area is 95.3 Å². The number of hydrogen-bond donors (Lipinski definition) is 2. The van der Waals surface area contributed by atoms with Crippen molar-refractivity contribution in [3.8, 4) is 0 Å². The molecule has 0 heterocycles. The van der Waals surface area contributed by atoms with Gasteiger partial charge in [0.25, 0.3) is 5.91 Å². The van der Waals surface area contributed by atoms with E-state index < -0.39 is 34.5 Å². The summed E-state index contributed by atoms with van der Waals surface area (Å²) in [5, 5.41) is 11.3. The first-order chi connectivity index (χ1) is 7.97. The van der Waals surface area contributed by atoms with Crippen molar-refractivity contribution in [3.05, 3.63) is 35.1 Å². The number of aliphatic hydroxyl groups excluding tert-OH is 1. The average molecular weight is 245 g/mol. The maximum Gasteiger partial charge on any atom is 0.257 e. The fraction of sp³-hybridized carbons (Fsp3) is 0.364. The van der Waals surface area contributed by atoms with Gasteiger partial charge in [-0.2, -0.15) is 0 Å². The molecule has 3 nitrogen and oxygen atoms in total. The fourth-order valence-corrected chi connectivity index (χ4v) is 1.54. The second kappa shape index (κ2) is 4.03. The minimum Gasteiger partial charge on any atom is -0.394 e. The fourth-order valence-electron chi connectivity index (χ4n) is 1.54. The molecule has 1 aliphatic rings. The van der Waals surface area contributed by atoms with Gasteiger partial charge in [-0.25, -0.2) is 13.2 Å². The molecule has 0 saturated heterocycles. The number of halogens is 3. The Kier molecular flexibility index (Phi) is 2.82. The molecule has 0 aliphatic heterocycles. The van der Waals surface area contributed by atoms with Crippen LogP contribution in [0, 0.1) is 17.5 Å². The van der Waals surface area contributed by atoms with Gasteiger partial charge in [0.2, 0.25) is 0 Å². The number of nitrogens with one attached hydrogen (secondary N) is 1. The number of amides is 1. The summed E-state index contributed by atoms with van der Waals surface area (Å²) in [7, 11) is 0. The average Bonchev–Trinajstić information content (AvgIpc) is 2.96. The Morgan fingerprint density at radius 1 is 1.29 bits per heavy atom. The predicted octanol–water partition coefficient (Wildman–Crippen LogP) is 1.36. The zero-order valence-corrected chi connectivity index (χ0v) is 8.77. The van der Waals surface area contributed by atoms with Crippen LogP contribution in [0.1, 0.15) is 23.2 Å². The lowest BCUT2D eigenvalue weighted by Gasteiger charge is -2.14. The molecule has 1 aromatic rings. The van der Waals surface area contributed by atoms with E-state index in [4.69, 9.17) is 5.11 Å². The number of rotatable bonds is 3. The lowest BCUT2D eigenvalue weighted by molar-refractivity contribution is 0.0898. The van der Waals surface area contributed by atoms with E-state index in [1.54, 1.807) is 0 Å². The maximum atomic E-state index is 13.3. The number of hydrogen-bond acceptors (Lipinski definition) is 2. The van der Waals surface area contributed by atoms with Crippen LogP contribution in [0.25, 0.3) is 0 Å². The highest BCUT2D eigenvalue weighted by atomic mass is 19.1. The van der Waals surface area contributed by atoms with Gasteiger partial charge < -0.3 is 10.4 Å². The molecule has 0 atom stereocenters. The van der Waals surface area contributed by atoms with E-state index in [9.17, 15) is 18.0 Å². The first kappa shape index (κ1) is 11.9. The predicted molar refractivity (Wildman–Crippen MR) is 52.8 cm³/mol. The monoisotopic (exact) mass is 245 g/mol. The summed E-state index contributed by atoms with van der Waals surface area (Å²) in [6.07, 6.45) is 1.11. The second-order valence-electron chi connectivity index (χ2n) is 4.14. The van der Waals surface area contributed by atoms with Crippen molar-refractivity contribution in [1.82, 2.24) is 5.32 Å². The third kappa shape index (κ3) is 2.26. The summed E-state index contributed by atoms with van der Waals surface area (Å²) in [6, 6.07) is 0.882. The van der Waals surface area contributed by atoms with Gasteiger partial charge in [-0.3, -0.25) is 4.79 Å². The largest absolute Gasteiger partial charge is 0.394 e. The maximum absolute atomic E-state index is 13.3. The Morgan fingerprint density at radius 2 is 1.82 bits per heavy atom. The number of benzene rings is 1. The van der Waals surface area contributed by atoms with Crippen molar-refractivity contribution < 1.29 is 23.1 Å². The number of carbonyl (C=O) groups excluding carboxylic acids is 1. The molecule has 17 heavy (non-hydrogen) atoms. The second-order valence-corrected chi connectivity index (χ2v) is 4.14. The lowest BCUT2D eigenvalue weighted by atomic mass is 10.1. The summed E-state index contributed by atoms with van der Waals surface area (Å²) >= 11 is 0. The van der Waals surface area contributed by atoms with E-state index in [1.165, 1.54) is 0 Å². The van der Waals surface area contributed by atoms with Crippen molar-refractivity contribution in [2.24, 2.45) is 0 Å². The van der Waals surface area contributed by atoms with E-state index >= 15 is 0 Å². The van der Waals surface area contributed by atoms with Crippen LogP contribution in [0.5, 0.6) is 0 Å². The minimum absolute atomic E-state index is 0.289. The Bertz CT molecular complexity index is 449. The zero-order chi connectivity index (χ0) is 12.6. The molecular weight excluding hydrogens is 235 g/mol. The van der Waals surface area contributed by atoms with Gasteiger partial charge in [-0.15, -0.1) is 0 Å². The van der Waals surface area contributed by atoms with Crippen LogP contribution in [0.4, 0.5) is 13.2 Å². The first-order valence-corrected chi connectivity index (χ1v) is 5.05. The SMILES string of the molecule is O=C(NC1(CO)CC1)c1c(F)cc(F)cc1F. The molecule has 0 spiro atoms. The van der Waals surface area contributed by atoms with E-state index in [1.807, 2.05) is 0 Å². The van der Waals surface area contributed by atoms with Crippen LogP contribution < -0.4 is 5.32 Å². The van der Waals surface area contributed by atoms with Gasteiger partial charge in [0.15, 0.2) is 0 Å². The molecule has 92 valence electrons. The topological polar surface area (TPSA) is 49.3 Å². The lowest BCUT2D eigenvalue weighted by Crippen LogP contribution is -2.40. The Morgan fingerprint density at radius 3 is 2.24 bits per heavy atom. The third-order valence-electron chi connectivity index (χ3n) is 2.77. The molecule has 6 heteroatoms. The quantitative estimate of drug-likeness (QED) is 0.844. The summed E-state index contributed by atoms with van der Waals surface area (Å²) in [5.41, 5.74) is -1.60. The summed E-state index contributed by atoms with van der Waals surface area (Å²) in [6.45, 7) is -0.289. The highest BCUT2D eigenvalue weighted by Crippen LogP contribution is 2.35. The normalized spacial score (nSPS) is 16.7. The molecule has 1 saturated carbocycles. The molecule has 1 aromatic carbocycles. The van der Waals surface area contributed by atoms with Crippen LogP contribution in [0.15, 0.2) is 12.1 Å². The number of aliphatic hydroxyl groups is 1. The zero-order valence-electron chi connectivity index (χ0n) is 8.77. The highest BCUT2D eigenvalue weighted by molar-refractivity contribution is 5.95. The van der Waals surface area contributed by atoms with Crippen molar-refractivity contribution in [1.29, 1.82) is 0 Å². The smallest absolute Gasteiger partial charge is 0.257 e. The van der Waals surface area contributed by atoms with Crippen molar-refractivity contribution in [2.45, 2.75) is 18.4 Å². The van der Waals surface area contributed by atoms with Crippen molar-refractivity contribution in [2.75, 3.05) is 6.61 Å². The van der Waals surface area contributed by atoms with Crippen LogP contribution in [-0.2, 0) is 0 Å².